The van der Waals surface area contributed by atoms with Gasteiger partial charge in [-0.2, -0.15) is 0 Å². The van der Waals surface area contributed by atoms with Gasteiger partial charge < -0.3 is 15.3 Å². The van der Waals surface area contributed by atoms with Crippen LogP contribution in [0, 0.1) is 0 Å². The van der Waals surface area contributed by atoms with E-state index in [2.05, 4.69) is 43.2 Å². The molecule has 2 N–H and O–H groups in total. The molecule has 0 aliphatic carbocycles. The van der Waals surface area contributed by atoms with Gasteiger partial charge in [-0.3, -0.25) is 0 Å². The van der Waals surface area contributed by atoms with Crippen LogP contribution in [-0.2, 0) is 5.54 Å². The van der Waals surface area contributed by atoms with Crippen molar-refractivity contribution >= 4 is 0 Å². The maximum absolute atomic E-state index is 9.86. The highest BCUT2D eigenvalue weighted by Gasteiger charge is 2.29. The zero-order valence-electron chi connectivity index (χ0n) is 12.7. The van der Waals surface area contributed by atoms with Crippen molar-refractivity contribution in [2.24, 2.45) is 0 Å². The van der Waals surface area contributed by atoms with Gasteiger partial charge in [0.1, 0.15) is 0 Å². The third-order valence-corrected chi connectivity index (χ3v) is 4.31. The molecule has 0 spiro atoms. The molecule has 0 saturated carbocycles. The molecule has 19 heavy (non-hydrogen) atoms. The summed E-state index contributed by atoms with van der Waals surface area (Å²) in [5, 5.41) is 13.2. The Morgan fingerprint density at radius 1 is 1.32 bits per heavy atom. The second kappa shape index (κ2) is 7.63. The lowest BCUT2D eigenvalue weighted by Gasteiger charge is -2.35. The second-order valence-corrected chi connectivity index (χ2v) is 5.34. The maximum Gasteiger partial charge on any atom is 0.0678 e. The standard InChI is InChI=1S/C16H28N2O/c1-5-14(2)18(4)12-11-16(13-19,17-3)15-9-7-6-8-10-15/h6-10,14,17,19H,5,11-13H2,1-4H3. The third-order valence-electron chi connectivity index (χ3n) is 4.31. The van der Waals surface area contributed by atoms with E-state index >= 15 is 0 Å². The van der Waals surface area contributed by atoms with Gasteiger partial charge in [-0.25, -0.2) is 0 Å². The molecule has 0 heterocycles. The van der Waals surface area contributed by atoms with Gasteiger partial charge >= 0.3 is 0 Å². The summed E-state index contributed by atoms with van der Waals surface area (Å²) in [6.45, 7) is 5.52. The van der Waals surface area contributed by atoms with Gasteiger partial charge in [0.25, 0.3) is 0 Å². The molecule has 0 radical (unpaired) electrons. The molecular formula is C16H28N2O. The quantitative estimate of drug-likeness (QED) is 0.756. The highest BCUT2D eigenvalue weighted by molar-refractivity contribution is 5.24. The summed E-state index contributed by atoms with van der Waals surface area (Å²) in [6.07, 6.45) is 2.04. The minimum absolute atomic E-state index is 0.113. The molecule has 0 fully saturated rings. The fraction of sp³-hybridized carbons (Fsp3) is 0.625. The number of nitrogens with zero attached hydrogens (tertiary/aromatic N) is 1. The Morgan fingerprint density at radius 3 is 2.42 bits per heavy atom. The van der Waals surface area contributed by atoms with E-state index in [-0.39, 0.29) is 12.1 Å². The number of aliphatic hydroxyl groups excluding tert-OH is 1. The molecule has 1 rings (SSSR count). The van der Waals surface area contributed by atoms with Crippen LogP contribution in [0.25, 0.3) is 0 Å². The van der Waals surface area contributed by atoms with E-state index < -0.39 is 0 Å². The summed E-state index contributed by atoms with van der Waals surface area (Å²) in [6, 6.07) is 10.8. The predicted molar refractivity (Wildman–Crippen MR) is 81.3 cm³/mol. The first-order valence-electron chi connectivity index (χ1n) is 7.15. The van der Waals surface area contributed by atoms with E-state index in [1.54, 1.807) is 0 Å². The topological polar surface area (TPSA) is 35.5 Å². The van der Waals surface area contributed by atoms with Crippen LogP contribution in [0.4, 0.5) is 0 Å². The lowest BCUT2D eigenvalue weighted by molar-refractivity contribution is 0.135. The first-order valence-corrected chi connectivity index (χ1v) is 7.15. The third kappa shape index (κ3) is 4.03. The van der Waals surface area contributed by atoms with Gasteiger partial charge in [0.2, 0.25) is 0 Å². The maximum atomic E-state index is 9.86. The molecule has 0 amide bonds. The van der Waals surface area contributed by atoms with Crippen molar-refractivity contribution in [1.82, 2.24) is 10.2 Å². The number of aliphatic hydroxyl groups is 1. The van der Waals surface area contributed by atoms with Crippen molar-refractivity contribution < 1.29 is 5.11 Å². The van der Waals surface area contributed by atoms with Gasteiger partial charge in [0.05, 0.1) is 12.1 Å². The van der Waals surface area contributed by atoms with Crippen molar-refractivity contribution in [2.75, 3.05) is 27.2 Å². The van der Waals surface area contributed by atoms with Gasteiger partial charge in [0.15, 0.2) is 0 Å². The molecule has 2 unspecified atom stereocenters. The van der Waals surface area contributed by atoms with E-state index in [0.717, 1.165) is 24.9 Å². The Bertz CT molecular complexity index is 349. The molecule has 1 aromatic rings. The average Bonchev–Trinajstić information content (AvgIpc) is 2.48. The number of hydrogen-bond donors (Lipinski definition) is 2. The number of benzene rings is 1. The molecule has 0 bridgehead atoms. The van der Waals surface area contributed by atoms with Crippen molar-refractivity contribution in [1.29, 1.82) is 0 Å². The minimum Gasteiger partial charge on any atom is -0.394 e. The van der Waals surface area contributed by atoms with Crippen molar-refractivity contribution in [3.05, 3.63) is 35.9 Å². The summed E-state index contributed by atoms with van der Waals surface area (Å²) in [5.74, 6) is 0. The van der Waals surface area contributed by atoms with Crippen molar-refractivity contribution in [3.63, 3.8) is 0 Å². The summed E-state index contributed by atoms with van der Waals surface area (Å²) < 4.78 is 0. The smallest absolute Gasteiger partial charge is 0.0678 e. The summed E-state index contributed by atoms with van der Waals surface area (Å²) in [7, 11) is 4.07. The number of nitrogens with one attached hydrogen (secondary N) is 1. The van der Waals surface area contributed by atoms with Crippen LogP contribution in [0.15, 0.2) is 30.3 Å². The molecule has 3 heteroatoms. The van der Waals surface area contributed by atoms with E-state index in [1.165, 1.54) is 0 Å². The molecule has 0 aliphatic heterocycles. The van der Waals surface area contributed by atoms with Gasteiger partial charge in [-0.05, 0) is 39.4 Å². The van der Waals surface area contributed by atoms with Gasteiger partial charge in [-0.15, -0.1) is 0 Å². The van der Waals surface area contributed by atoms with Crippen molar-refractivity contribution in [2.45, 2.75) is 38.3 Å². The molecule has 108 valence electrons. The first-order chi connectivity index (χ1) is 9.09. The predicted octanol–water partition coefficient (Wildman–Crippen LogP) is 2.21. The molecule has 3 nitrogen and oxygen atoms in total. The zero-order chi connectivity index (χ0) is 14.3. The summed E-state index contributed by atoms with van der Waals surface area (Å²) in [4.78, 5) is 2.35. The van der Waals surface area contributed by atoms with E-state index in [9.17, 15) is 5.11 Å². The Hall–Kier alpha value is -0.900. The van der Waals surface area contributed by atoms with Crippen LogP contribution >= 0.6 is 0 Å². The number of hydrogen-bond acceptors (Lipinski definition) is 3. The lowest BCUT2D eigenvalue weighted by atomic mass is 9.87. The SMILES string of the molecule is CCC(C)N(C)CCC(CO)(NC)c1ccccc1. The zero-order valence-corrected chi connectivity index (χ0v) is 12.7. The fourth-order valence-corrected chi connectivity index (χ4v) is 2.32. The number of likely N-dealkylation sites (N-methyl/N-ethyl adjacent to an activating group) is 1. The average molecular weight is 264 g/mol. The minimum atomic E-state index is -0.344. The fourth-order valence-electron chi connectivity index (χ4n) is 2.32. The number of rotatable bonds is 8. The monoisotopic (exact) mass is 264 g/mol. The Morgan fingerprint density at radius 2 is 1.95 bits per heavy atom. The Balaban J connectivity index is 2.78. The highest BCUT2D eigenvalue weighted by atomic mass is 16.3. The van der Waals surface area contributed by atoms with Crippen LogP contribution in [-0.4, -0.2) is 43.3 Å². The van der Waals surface area contributed by atoms with Gasteiger partial charge in [-0.1, -0.05) is 37.3 Å². The first kappa shape index (κ1) is 16.2. The van der Waals surface area contributed by atoms with E-state index in [1.807, 2.05) is 25.2 Å². The highest BCUT2D eigenvalue weighted by Crippen LogP contribution is 2.24. The normalized spacial score (nSPS) is 16.3. The molecular weight excluding hydrogens is 236 g/mol. The Kier molecular flexibility index (Phi) is 6.49. The molecule has 1 aromatic carbocycles. The van der Waals surface area contributed by atoms with E-state index in [0.29, 0.717) is 6.04 Å². The Labute approximate surface area is 117 Å². The molecule has 0 aliphatic rings. The summed E-state index contributed by atoms with van der Waals surface area (Å²) >= 11 is 0. The van der Waals surface area contributed by atoms with Crippen LogP contribution in [0.5, 0.6) is 0 Å². The second-order valence-electron chi connectivity index (χ2n) is 5.34. The van der Waals surface area contributed by atoms with Crippen molar-refractivity contribution in [3.8, 4) is 0 Å². The molecule has 2 atom stereocenters. The van der Waals surface area contributed by atoms with Crippen LogP contribution in [0.3, 0.4) is 0 Å². The lowest BCUT2D eigenvalue weighted by Crippen LogP contribution is -2.46. The van der Waals surface area contributed by atoms with E-state index in [4.69, 9.17) is 0 Å². The summed E-state index contributed by atoms with van der Waals surface area (Å²) in [5.41, 5.74) is 0.806. The van der Waals surface area contributed by atoms with Crippen LogP contribution in [0.2, 0.25) is 0 Å². The molecule has 0 aromatic heterocycles. The van der Waals surface area contributed by atoms with Gasteiger partial charge in [0, 0.05) is 12.6 Å². The van der Waals surface area contributed by atoms with Crippen LogP contribution in [0.1, 0.15) is 32.3 Å². The molecule has 0 saturated heterocycles. The largest absolute Gasteiger partial charge is 0.394 e. The van der Waals surface area contributed by atoms with Crippen LogP contribution < -0.4 is 5.32 Å².